The highest BCUT2D eigenvalue weighted by Gasteiger charge is 2.57. The molecule has 3 nitrogen and oxygen atoms in total. The van der Waals surface area contributed by atoms with Gasteiger partial charge in [0.05, 0.1) is 13.0 Å². The third-order valence-corrected chi connectivity index (χ3v) is 3.60. The number of hydrogen-bond donors (Lipinski definition) is 1. The number of fused-ring (bicyclic) bond motifs is 1. The monoisotopic (exact) mass is 169 g/mol. The van der Waals surface area contributed by atoms with Gasteiger partial charge in [-0.05, 0) is 37.1 Å². The van der Waals surface area contributed by atoms with E-state index in [1.54, 1.807) is 0 Å². The topological polar surface area (TPSA) is 52.3 Å². The molecular formula is C9H15NO2. The number of esters is 1. The van der Waals surface area contributed by atoms with E-state index in [0.29, 0.717) is 18.4 Å². The first-order valence-corrected chi connectivity index (χ1v) is 4.57. The largest absolute Gasteiger partial charge is 0.469 e. The molecule has 4 atom stereocenters. The van der Waals surface area contributed by atoms with Gasteiger partial charge in [0.1, 0.15) is 0 Å². The zero-order valence-corrected chi connectivity index (χ0v) is 7.32. The molecule has 0 aromatic carbocycles. The Hall–Kier alpha value is -0.570. The maximum atomic E-state index is 11.3. The van der Waals surface area contributed by atoms with Crippen LogP contribution in [0.1, 0.15) is 12.8 Å². The summed E-state index contributed by atoms with van der Waals surface area (Å²) in [5, 5.41) is 0. The lowest BCUT2D eigenvalue weighted by atomic mass is 9.47. The molecule has 0 unspecified atom stereocenters. The Kier molecular flexibility index (Phi) is 1.83. The average molecular weight is 169 g/mol. The van der Waals surface area contributed by atoms with E-state index in [1.807, 2.05) is 0 Å². The van der Waals surface area contributed by atoms with Gasteiger partial charge in [0.15, 0.2) is 0 Å². The SMILES string of the molecule is COC(=O)[C@H]1[C@@H](CN)[C@@H]2CC[C@@H]21. The highest BCUT2D eigenvalue weighted by molar-refractivity contribution is 5.74. The van der Waals surface area contributed by atoms with Gasteiger partial charge in [0.2, 0.25) is 0 Å². The minimum atomic E-state index is -0.0496. The molecule has 3 heteroatoms. The molecule has 68 valence electrons. The smallest absolute Gasteiger partial charge is 0.309 e. The predicted octanol–water partition coefficient (Wildman–Crippen LogP) is 0.390. The van der Waals surface area contributed by atoms with Crippen molar-refractivity contribution in [3.8, 4) is 0 Å². The number of ether oxygens (including phenoxy) is 1. The first-order valence-electron chi connectivity index (χ1n) is 4.57. The van der Waals surface area contributed by atoms with E-state index in [-0.39, 0.29) is 11.9 Å². The highest BCUT2D eigenvalue weighted by Crippen LogP contribution is 2.58. The number of methoxy groups -OCH3 is 1. The minimum Gasteiger partial charge on any atom is -0.469 e. The summed E-state index contributed by atoms with van der Waals surface area (Å²) in [6.45, 7) is 0.640. The van der Waals surface area contributed by atoms with Crippen LogP contribution < -0.4 is 5.73 Å². The second-order valence-corrected chi connectivity index (χ2v) is 3.85. The molecule has 2 saturated carbocycles. The molecule has 0 heterocycles. The van der Waals surface area contributed by atoms with Gasteiger partial charge >= 0.3 is 5.97 Å². The standard InChI is InChI=1S/C9H15NO2/c1-12-9(11)8-6-3-2-5(6)7(8)4-10/h5-8H,2-4,10H2,1H3/t5-,6+,7+,8-/m1/s1. The summed E-state index contributed by atoms with van der Waals surface area (Å²) in [6.07, 6.45) is 2.46. The van der Waals surface area contributed by atoms with E-state index in [0.717, 1.165) is 5.92 Å². The van der Waals surface area contributed by atoms with Gasteiger partial charge in [-0.15, -0.1) is 0 Å². The van der Waals surface area contributed by atoms with E-state index in [1.165, 1.54) is 20.0 Å². The van der Waals surface area contributed by atoms with E-state index >= 15 is 0 Å². The Balaban J connectivity index is 2.01. The lowest BCUT2D eigenvalue weighted by Gasteiger charge is -2.57. The first kappa shape index (κ1) is 8.05. The van der Waals surface area contributed by atoms with Crippen LogP contribution in [0.2, 0.25) is 0 Å². The van der Waals surface area contributed by atoms with Crippen LogP contribution in [0.3, 0.4) is 0 Å². The van der Waals surface area contributed by atoms with Crippen molar-refractivity contribution in [2.75, 3.05) is 13.7 Å². The molecule has 2 N–H and O–H groups in total. The molecular weight excluding hydrogens is 154 g/mol. The van der Waals surface area contributed by atoms with Gasteiger partial charge in [-0.25, -0.2) is 0 Å². The molecule has 2 aliphatic carbocycles. The Bertz CT molecular complexity index is 205. The predicted molar refractivity (Wildman–Crippen MR) is 44.3 cm³/mol. The molecule has 0 bridgehead atoms. The Morgan fingerprint density at radius 1 is 1.50 bits per heavy atom. The molecule has 2 fully saturated rings. The van der Waals surface area contributed by atoms with Crippen LogP contribution in [0.4, 0.5) is 0 Å². The van der Waals surface area contributed by atoms with Crippen molar-refractivity contribution in [3.05, 3.63) is 0 Å². The molecule has 2 rings (SSSR count). The van der Waals surface area contributed by atoms with Gasteiger partial charge in [0.25, 0.3) is 0 Å². The quantitative estimate of drug-likeness (QED) is 0.608. The summed E-state index contributed by atoms with van der Waals surface area (Å²) in [5.41, 5.74) is 5.60. The number of carbonyl (C=O) groups is 1. The zero-order valence-electron chi connectivity index (χ0n) is 7.32. The van der Waals surface area contributed by atoms with Crippen LogP contribution in [0.5, 0.6) is 0 Å². The molecule has 0 radical (unpaired) electrons. The van der Waals surface area contributed by atoms with Gasteiger partial charge in [-0.2, -0.15) is 0 Å². The van der Waals surface area contributed by atoms with Crippen LogP contribution in [0, 0.1) is 23.7 Å². The normalized spacial score (nSPS) is 43.8. The van der Waals surface area contributed by atoms with Crippen LogP contribution in [0.15, 0.2) is 0 Å². The molecule has 0 amide bonds. The third kappa shape index (κ3) is 0.829. The van der Waals surface area contributed by atoms with Crippen LogP contribution in [-0.4, -0.2) is 19.6 Å². The first-order chi connectivity index (χ1) is 5.79. The Morgan fingerprint density at radius 3 is 2.58 bits per heavy atom. The van der Waals surface area contributed by atoms with Gasteiger partial charge < -0.3 is 10.5 Å². The molecule has 0 aromatic rings. The lowest BCUT2D eigenvalue weighted by Crippen LogP contribution is -2.58. The second-order valence-electron chi connectivity index (χ2n) is 3.85. The Morgan fingerprint density at radius 2 is 2.17 bits per heavy atom. The Labute approximate surface area is 72.3 Å². The highest BCUT2D eigenvalue weighted by atomic mass is 16.5. The van der Waals surface area contributed by atoms with Crippen molar-refractivity contribution in [1.82, 2.24) is 0 Å². The molecule has 0 saturated heterocycles. The number of carbonyl (C=O) groups excluding carboxylic acids is 1. The fourth-order valence-corrected chi connectivity index (χ4v) is 2.77. The third-order valence-electron chi connectivity index (χ3n) is 3.60. The molecule has 2 aliphatic rings. The fraction of sp³-hybridized carbons (Fsp3) is 0.889. The fourth-order valence-electron chi connectivity index (χ4n) is 2.77. The van der Waals surface area contributed by atoms with E-state index in [4.69, 9.17) is 10.5 Å². The summed E-state index contributed by atoms with van der Waals surface area (Å²) in [5.74, 6) is 1.83. The summed E-state index contributed by atoms with van der Waals surface area (Å²) >= 11 is 0. The lowest BCUT2D eigenvalue weighted by molar-refractivity contribution is -0.174. The zero-order chi connectivity index (χ0) is 8.72. The molecule has 0 spiro atoms. The maximum absolute atomic E-state index is 11.3. The summed E-state index contributed by atoms with van der Waals surface area (Å²) < 4.78 is 4.74. The van der Waals surface area contributed by atoms with Crippen molar-refractivity contribution in [2.24, 2.45) is 29.4 Å². The van der Waals surface area contributed by atoms with Gasteiger partial charge in [0, 0.05) is 0 Å². The van der Waals surface area contributed by atoms with E-state index < -0.39 is 0 Å². The summed E-state index contributed by atoms with van der Waals surface area (Å²) in [6, 6.07) is 0. The number of rotatable bonds is 2. The van der Waals surface area contributed by atoms with Crippen molar-refractivity contribution in [2.45, 2.75) is 12.8 Å². The van der Waals surface area contributed by atoms with Crippen molar-refractivity contribution in [1.29, 1.82) is 0 Å². The summed E-state index contributed by atoms with van der Waals surface area (Å²) in [4.78, 5) is 11.3. The minimum absolute atomic E-state index is 0.0496. The van der Waals surface area contributed by atoms with Crippen molar-refractivity contribution in [3.63, 3.8) is 0 Å². The van der Waals surface area contributed by atoms with Crippen molar-refractivity contribution >= 4 is 5.97 Å². The van der Waals surface area contributed by atoms with Crippen LogP contribution >= 0.6 is 0 Å². The summed E-state index contributed by atoms with van der Waals surface area (Å²) in [7, 11) is 1.46. The van der Waals surface area contributed by atoms with Crippen LogP contribution in [-0.2, 0) is 9.53 Å². The van der Waals surface area contributed by atoms with Crippen molar-refractivity contribution < 1.29 is 9.53 Å². The van der Waals surface area contributed by atoms with E-state index in [9.17, 15) is 4.79 Å². The molecule has 0 aliphatic heterocycles. The van der Waals surface area contributed by atoms with Gasteiger partial charge in [-0.1, -0.05) is 0 Å². The maximum Gasteiger partial charge on any atom is 0.309 e. The average Bonchev–Trinajstić information content (AvgIpc) is 2.06. The van der Waals surface area contributed by atoms with Gasteiger partial charge in [-0.3, -0.25) is 4.79 Å². The van der Waals surface area contributed by atoms with E-state index in [2.05, 4.69) is 0 Å². The van der Waals surface area contributed by atoms with Crippen LogP contribution in [0.25, 0.3) is 0 Å². The number of nitrogens with two attached hydrogens (primary N) is 1. The second kappa shape index (κ2) is 2.73. The molecule has 12 heavy (non-hydrogen) atoms. The number of hydrogen-bond acceptors (Lipinski definition) is 3. The molecule has 0 aromatic heterocycles.